The largest absolute Gasteiger partial charge is 0.347 e. The molecule has 1 heterocycles. The molecule has 0 saturated carbocycles. The van der Waals surface area contributed by atoms with Crippen molar-refractivity contribution in [1.29, 1.82) is 0 Å². The lowest BCUT2D eigenvalue weighted by molar-refractivity contribution is 0.488. The molecule has 11 heavy (non-hydrogen) atoms. The summed E-state index contributed by atoms with van der Waals surface area (Å²) in [5.74, 6) is 0. The zero-order valence-corrected chi connectivity index (χ0v) is 6.51. The van der Waals surface area contributed by atoms with Crippen LogP contribution < -0.4 is 5.69 Å². The average molecular weight is 165 g/mol. The van der Waals surface area contributed by atoms with Crippen LogP contribution in [0.2, 0.25) is 0 Å². The van der Waals surface area contributed by atoms with Gasteiger partial charge in [0.25, 0.3) is 0 Å². The molecular weight excluding hydrogens is 156 g/mol. The number of halogens is 2. The van der Waals surface area contributed by atoms with Gasteiger partial charge >= 0.3 is 11.8 Å². The van der Waals surface area contributed by atoms with E-state index in [9.17, 15) is 13.6 Å². The average Bonchev–Trinajstić information content (AvgIpc) is 2.22. The fourth-order valence-corrected chi connectivity index (χ4v) is 0.530. The normalized spacial score (nSPS) is 8.82. The number of aromatic nitrogens is 3. The quantitative estimate of drug-likeness (QED) is 0.536. The van der Waals surface area contributed by atoms with Crippen LogP contribution in [0.5, 0.6) is 0 Å². The molecule has 64 valence electrons. The zero-order chi connectivity index (χ0) is 9.02. The predicted molar refractivity (Wildman–Crippen MR) is 35.4 cm³/mol. The third-order valence-electron chi connectivity index (χ3n) is 1.07. The fraction of sp³-hybridized carbons (Fsp3) is 0.600. The summed E-state index contributed by atoms with van der Waals surface area (Å²) >= 11 is 0. The minimum absolute atomic E-state index is 0.451. The highest BCUT2D eigenvalue weighted by atomic mass is 19.1. The molecule has 0 atom stereocenters. The third kappa shape index (κ3) is 1.86. The lowest BCUT2D eigenvalue weighted by atomic mass is 11.0. The molecule has 0 aliphatic heterocycles. The maximum Gasteiger partial charge on any atom is 0.347 e. The molecule has 0 amide bonds. The van der Waals surface area contributed by atoms with E-state index in [1.165, 1.54) is 14.1 Å². The smallest absolute Gasteiger partial charge is 0.255 e. The number of aryl methyl sites for hydroxylation is 1. The molecule has 0 aromatic carbocycles. The Morgan fingerprint density at radius 2 is 1.82 bits per heavy atom. The molecule has 1 aromatic heterocycles. The molecule has 0 aliphatic rings. The van der Waals surface area contributed by atoms with Gasteiger partial charge in [-0.15, -0.1) is 5.10 Å². The first-order valence-corrected chi connectivity index (χ1v) is 2.76. The molecule has 0 N–H and O–H groups in total. The van der Waals surface area contributed by atoms with E-state index in [2.05, 4.69) is 5.10 Å². The minimum atomic E-state index is -0.762. The van der Waals surface area contributed by atoms with Gasteiger partial charge in [0.2, 0.25) is 0 Å². The van der Waals surface area contributed by atoms with Gasteiger partial charge in [0.15, 0.2) is 0 Å². The van der Waals surface area contributed by atoms with E-state index >= 15 is 0 Å². The van der Waals surface area contributed by atoms with E-state index in [-0.39, 0.29) is 0 Å². The Bertz CT molecular complexity index is 278. The van der Waals surface area contributed by atoms with E-state index < -0.39 is 11.8 Å². The monoisotopic (exact) mass is 165 g/mol. The Balaban J connectivity index is 0.000000461. The Morgan fingerprint density at radius 3 is 1.91 bits per heavy atom. The third-order valence-corrected chi connectivity index (χ3v) is 1.07. The Kier molecular flexibility index (Phi) is 3.43. The molecule has 1 rings (SSSR count). The molecule has 0 unspecified atom stereocenters. The van der Waals surface area contributed by atoms with Crippen LogP contribution in [0.25, 0.3) is 0 Å². The van der Waals surface area contributed by atoms with Crippen molar-refractivity contribution in [3.05, 3.63) is 16.6 Å². The molecular formula is C5H9F2N3O. The zero-order valence-electron chi connectivity index (χ0n) is 6.51. The van der Waals surface area contributed by atoms with Crippen LogP contribution in [0.1, 0.15) is 0 Å². The number of hydrogen-bond donors (Lipinski definition) is 0. The van der Waals surface area contributed by atoms with Gasteiger partial charge in [-0.2, -0.15) is 4.39 Å². The first kappa shape index (κ1) is 9.80. The van der Waals surface area contributed by atoms with Crippen molar-refractivity contribution in [3.8, 4) is 0 Å². The van der Waals surface area contributed by atoms with E-state index in [0.717, 1.165) is 9.25 Å². The van der Waals surface area contributed by atoms with Crippen molar-refractivity contribution in [2.75, 3.05) is 7.18 Å². The van der Waals surface area contributed by atoms with Crippen LogP contribution in [0.4, 0.5) is 8.78 Å². The highest BCUT2D eigenvalue weighted by Crippen LogP contribution is 1.80. The van der Waals surface area contributed by atoms with Gasteiger partial charge < -0.3 is 0 Å². The Morgan fingerprint density at radius 1 is 1.36 bits per heavy atom. The maximum absolute atomic E-state index is 12.2. The van der Waals surface area contributed by atoms with Crippen LogP contribution in [0.15, 0.2) is 4.79 Å². The van der Waals surface area contributed by atoms with Crippen molar-refractivity contribution in [1.82, 2.24) is 14.3 Å². The summed E-state index contributed by atoms with van der Waals surface area (Å²) in [4.78, 5) is 10.6. The summed E-state index contributed by atoms with van der Waals surface area (Å²) in [5.41, 5.74) is -0.451. The summed E-state index contributed by atoms with van der Waals surface area (Å²) in [7, 11) is 3.22. The van der Waals surface area contributed by atoms with Gasteiger partial charge in [-0.05, 0) is 0 Å². The van der Waals surface area contributed by atoms with E-state index in [0.29, 0.717) is 7.18 Å². The van der Waals surface area contributed by atoms with Crippen molar-refractivity contribution in [3.63, 3.8) is 0 Å². The number of hydrogen-bond acceptors (Lipinski definition) is 2. The standard InChI is InChI=1S/C4H6FN3O.CH3F/c1-7-3(5)6-8(2)4(7)9;1-2/h1-2H3;1H3. The van der Waals surface area contributed by atoms with Crippen molar-refractivity contribution < 1.29 is 8.78 Å². The summed E-state index contributed by atoms with van der Waals surface area (Å²) in [6.07, 6.45) is -0.762. The summed E-state index contributed by atoms with van der Waals surface area (Å²) in [6, 6.07) is 0. The second kappa shape index (κ2) is 3.85. The molecule has 0 fully saturated rings. The van der Waals surface area contributed by atoms with Gasteiger partial charge in [-0.3, -0.25) is 8.96 Å². The molecule has 0 saturated heterocycles. The SMILES string of the molecule is CF.Cn1nc(F)n(C)c1=O. The van der Waals surface area contributed by atoms with Crippen molar-refractivity contribution >= 4 is 0 Å². The summed E-state index contributed by atoms with van der Waals surface area (Å²) in [5, 5.41) is 3.21. The molecule has 0 spiro atoms. The first-order valence-electron chi connectivity index (χ1n) is 2.76. The highest BCUT2D eigenvalue weighted by Gasteiger charge is 2.03. The topological polar surface area (TPSA) is 39.8 Å². The minimum Gasteiger partial charge on any atom is -0.255 e. The predicted octanol–water partition coefficient (Wildman–Crippen LogP) is -0.156. The second-order valence-electron chi connectivity index (χ2n) is 1.73. The second-order valence-corrected chi connectivity index (χ2v) is 1.73. The molecule has 6 heteroatoms. The van der Waals surface area contributed by atoms with Gasteiger partial charge in [0, 0.05) is 14.1 Å². The number of alkyl halides is 1. The number of rotatable bonds is 0. The highest BCUT2D eigenvalue weighted by molar-refractivity contribution is 4.65. The fourth-order valence-electron chi connectivity index (χ4n) is 0.530. The van der Waals surface area contributed by atoms with Crippen molar-refractivity contribution in [2.24, 2.45) is 14.1 Å². The molecule has 0 bridgehead atoms. The molecule has 0 aliphatic carbocycles. The van der Waals surface area contributed by atoms with E-state index in [4.69, 9.17) is 0 Å². The summed E-state index contributed by atoms with van der Waals surface area (Å²) < 4.78 is 23.5. The van der Waals surface area contributed by atoms with E-state index in [1.807, 2.05) is 0 Å². The first-order chi connectivity index (χ1) is 5.13. The van der Waals surface area contributed by atoms with Gasteiger partial charge in [-0.25, -0.2) is 9.48 Å². The maximum atomic E-state index is 12.2. The van der Waals surface area contributed by atoms with Crippen LogP contribution in [-0.2, 0) is 14.1 Å². The lowest BCUT2D eigenvalue weighted by Crippen LogP contribution is -2.20. The van der Waals surface area contributed by atoms with Gasteiger partial charge in [-0.1, -0.05) is 0 Å². The molecule has 1 aromatic rings. The lowest BCUT2D eigenvalue weighted by Gasteiger charge is -1.80. The van der Waals surface area contributed by atoms with Gasteiger partial charge in [0.1, 0.15) is 0 Å². The van der Waals surface area contributed by atoms with Crippen molar-refractivity contribution in [2.45, 2.75) is 0 Å². The Labute approximate surface area is 62.1 Å². The van der Waals surface area contributed by atoms with Crippen LogP contribution >= 0.6 is 0 Å². The molecule has 4 nitrogen and oxygen atoms in total. The number of nitrogens with zero attached hydrogens (tertiary/aromatic N) is 3. The van der Waals surface area contributed by atoms with Crippen LogP contribution in [-0.4, -0.2) is 21.5 Å². The van der Waals surface area contributed by atoms with Gasteiger partial charge in [0.05, 0.1) is 7.18 Å². The Hall–Kier alpha value is -1.20. The van der Waals surface area contributed by atoms with Crippen LogP contribution in [0.3, 0.4) is 0 Å². The van der Waals surface area contributed by atoms with E-state index in [1.54, 1.807) is 0 Å². The molecule has 0 radical (unpaired) electrons. The summed E-state index contributed by atoms with van der Waals surface area (Å²) in [6.45, 7) is 0. The van der Waals surface area contributed by atoms with Crippen LogP contribution in [0, 0.1) is 6.08 Å².